The van der Waals surface area contributed by atoms with Crippen molar-refractivity contribution in [2.24, 2.45) is 0 Å². The summed E-state index contributed by atoms with van der Waals surface area (Å²) in [4.78, 5) is 30.6. The molecule has 0 spiro atoms. The van der Waals surface area contributed by atoms with E-state index in [2.05, 4.69) is 26.0 Å². The van der Waals surface area contributed by atoms with E-state index in [-0.39, 0.29) is 18.7 Å². The molecule has 0 saturated carbocycles. The molecule has 0 aliphatic heterocycles. The van der Waals surface area contributed by atoms with Crippen LogP contribution in [0.5, 0.6) is 11.5 Å². The number of benzene rings is 1. The van der Waals surface area contributed by atoms with Crippen LogP contribution in [-0.2, 0) is 11.2 Å². The minimum atomic E-state index is -0.438. The predicted molar refractivity (Wildman–Crippen MR) is 97.6 cm³/mol. The lowest BCUT2D eigenvalue weighted by molar-refractivity contribution is -0.121. The van der Waals surface area contributed by atoms with Gasteiger partial charge in [-0.2, -0.15) is 4.98 Å². The molecule has 0 fully saturated rings. The van der Waals surface area contributed by atoms with E-state index in [4.69, 9.17) is 14.0 Å². The Labute approximate surface area is 160 Å². The Kier molecular flexibility index (Phi) is 5.90. The van der Waals surface area contributed by atoms with Gasteiger partial charge in [0.1, 0.15) is 5.69 Å². The lowest BCUT2D eigenvalue weighted by atomic mass is 10.2. The number of aromatic amines is 1. The third kappa shape index (κ3) is 4.47. The molecule has 0 aliphatic carbocycles. The molecule has 2 heterocycles. The number of aromatic nitrogens is 3. The van der Waals surface area contributed by atoms with E-state index < -0.39 is 5.91 Å². The van der Waals surface area contributed by atoms with Gasteiger partial charge in [-0.15, -0.1) is 0 Å². The second-order valence-corrected chi connectivity index (χ2v) is 5.67. The number of hydrazine groups is 1. The van der Waals surface area contributed by atoms with Crippen LogP contribution in [0.15, 0.2) is 41.1 Å². The summed E-state index contributed by atoms with van der Waals surface area (Å²) in [6.45, 7) is 0. The quantitative estimate of drug-likeness (QED) is 0.525. The molecule has 28 heavy (non-hydrogen) atoms. The molecule has 0 unspecified atom stereocenters. The van der Waals surface area contributed by atoms with Crippen LogP contribution in [0, 0.1) is 0 Å². The minimum Gasteiger partial charge on any atom is -0.493 e. The van der Waals surface area contributed by atoms with E-state index in [0.29, 0.717) is 34.5 Å². The second-order valence-electron chi connectivity index (χ2n) is 5.67. The highest BCUT2D eigenvalue weighted by molar-refractivity contribution is 5.93. The molecular formula is C18H19N5O5. The van der Waals surface area contributed by atoms with Crippen molar-refractivity contribution in [2.75, 3.05) is 14.2 Å². The van der Waals surface area contributed by atoms with Crippen molar-refractivity contribution in [2.45, 2.75) is 12.8 Å². The maximum absolute atomic E-state index is 11.9. The topological polar surface area (TPSA) is 131 Å². The summed E-state index contributed by atoms with van der Waals surface area (Å²) in [6, 6.07) is 8.53. The van der Waals surface area contributed by atoms with E-state index in [1.807, 2.05) is 0 Å². The molecule has 0 atom stereocenters. The molecule has 0 saturated heterocycles. The Balaban J connectivity index is 1.53. The molecule has 2 amide bonds. The highest BCUT2D eigenvalue weighted by Gasteiger charge is 2.14. The van der Waals surface area contributed by atoms with E-state index in [1.54, 1.807) is 43.6 Å². The van der Waals surface area contributed by atoms with Crippen LogP contribution >= 0.6 is 0 Å². The summed E-state index contributed by atoms with van der Waals surface area (Å²) < 4.78 is 15.6. The van der Waals surface area contributed by atoms with Crippen LogP contribution in [0.1, 0.15) is 22.8 Å². The summed E-state index contributed by atoms with van der Waals surface area (Å²) in [5, 5.41) is 3.92. The fourth-order valence-electron chi connectivity index (χ4n) is 2.40. The van der Waals surface area contributed by atoms with Crippen molar-refractivity contribution < 1.29 is 23.6 Å². The number of carbonyl (C=O) groups excluding carboxylic acids is 2. The summed E-state index contributed by atoms with van der Waals surface area (Å²) in [7, 11) is 3.09. The fourth-order valence-corrected chi connectivity index (χ4v) is 2.40. The summed E-state index contributed by atoms with van der Waals surface area (Å²) in [5.74, 6) is 0.987. The van der Waals surface area contributed by atoms with Gasteiger partial charge in [-0.25, -0.2) is 0 Å². The number of carbonyl (C=O) groups is 2. The van der Waals surface area contributed by atoms with Crippen molar-refractivity contribution >= 4 is 11.8 Å². The van der Waals surface area contributed by atoms with Crippen molar-refractivity contribution in [3.8, 4) is 22.9 Å². The molecule has 1 aromatic carbocycles. The van der Waals surface area contributed by atoms with Crippen LogP contribution in [0.3, 0.4) is 0 Å². The SMILES string of the molecule is COc1ccc(-c2noc(CCC(=O)NNC(=O)c3ccc[nH]3)n2)cc1OC. The number of hydrogen-bond donors (Lipinski definition) is 3. The van der Waals surface area contributed by atoms with Gasteiger partial charge in [0.05, 0.1) is 14.2 Å². The second kappa shape index (κ2) is 8.71. The van der Waals surface area contributed by atoms with Crippen molar-refractivity contribution in [3.05, 3.63) is 48.1 Å². The minimum absolute atomic E-state index is 0.0680. The number of nitrogens with zero attached hydrogens (tertiary/aromatic N) is 2. The number of amides is 2. The lowest BCUT2D eigenvalue weighted by Crippen LogP contribution is -2.41. The smallest absolute Gasteiger partial charge is 0.286 e. The number of nitrogens with one attached hydrogen (secondary N) is 3. The van der Waals surface area contributed by atoms with Gasteiger partial charge in [0.15, 0.2) is 11.5 Å². The molecule has 0 aliphatic rings. The third-order valence-electron chi connectivity index (χ3n) is 3.83. The standard InChI is InChI=1S/C18H19N5O5/c1-26-13-6-5-11(10-14(13)27-2)17-20-16(28-23-17)8-7-15(24)21-22-18(25)12-4-3-9-19-12/h3-6,9-10,19H,7-8H2,1-2H3,(H,21,24)(H,22,25). The van der Waals surface area contributed by atoms with E-state index >= 15 is 0 Å². The van der Waals surface area contributed by atoms with Crippen LogP contribution in [0.25, 0.3) is 11.4 Å². The highest BCUT2D eigenvalue weighted by atomic mass is 16.5. The number of hydrogen-bond acceptors (Lipinski definition) is 7. The molecule has 10 nitrogen and oxygen atoms in total. The van der Waals surface area contributed by atoms with Crippen molar-refractivity contribution in [3.63, 3.8) is 0 Å². The average Bonchev–Trinajstić information content (AvgIpc) is 3.42. The third-order valence-corrected chi connectivity index (χ3v) is 3.83. The maximum atomic E-state index is 11.9. The van der Waals surface area contributed by atoms with E-state index in [1.165, 1.54) is 7.11 Å². The summed E-state index contributed by atoms with van der Waals surface area (Å²) in [5.41, 5.74) is 5.68. The molecule has 0 radical (unpaired) electrons. The molecule has 10 heteroatoms. The Morgan fingerprint density at radius 3 is 2.68 bits per heavy atom. The van der Waals surface area contributed by atoms with Gasteiger partial charge < -0.3 is 19.0 Å². The molecule has 146 valence electrons. The highest BCUT2D eigenvalue weighted by Crippen LogP contribution is 2.31. The normalized spacial score (nSPS) is 10.4. The summed E-state index contributed by atoms with van der Waals surface area (Å²) in [6.07, 6.45) is 1.91. The van der Waals surface area contributed by atoms with Crippen LogP contribution in [0.4, 0.5) is 0 Å². The molecule has 2 aromatic heterocycles. The number of methoxy groups -OCH3 is 2. The first-order valence-electron chi connectivity index (χ1n) is 8.38. The Morgan fingerprint density at radius 2 is 1.96 bits per heavy atom. The largest absolute Gasteiger partial charge is 0.493 e. The molecule has 3 N–H and O–H groups in total. The van der Waals surface area contributed by atoms with Gasteiger partial charge in [0, 0.05) is 24.6 Å². The van der Waals surface area contributed by atoms with E-state index in [9.17, 15) is 9.59 Å². The van der Waals surface area contributed by atoms with Crippen LogP contribution < -0.4 is 20.3 Å². The maximum Gasteiger partial charge on any atom is 0.286 e. The van der Waals surface area contributed by atoms with Gasteiger partial charge in [-0.1, -0.05) is 5.16 Å². The summed E-state index contributed by atoms with van der Waals surface area (Å²) >= 11 is 0. The first-order chi connectivity index (χ1) is 13.6. The zero-order chi connectivity index (χ0) is 19.9. The van der Waals surface area contributed by atoms with E-state index in [0.717, 1.165) is 0 Å². The van der Waals surface area contributed by atoms with Gasteiger partial charge in [0.25, 0.3) is 5.91 Å². The molecule has 3 rings (SSSR count). The number of ether oxygens (including phenoxy) is 2. The lowest BCUT2D eigenvalue weighted by Gasteiger charge is -2.07. The van der Waals surface area contributed by atoms with Gasteiger partial charge in [-0.3, -0.25) is 20.4 Å². The van der Waals surface area contributed by atoms with Crippen LogP contribution in [-0.4, -0.2) is 41.2 Å². The Hall–Kier alpha value is -3.82. The molecule has 0 bridgehead atoms. The fraction of sp³-hybridized carbons (Fsp3) is 0.222. The van der Waals surface area contributed by atoms with Gasteiger partial charge >= 0.3 is 0 Å². The van der Waals surface area contributed by atoms with Crippen LogP contribution in [0.2, 0.25) is 0 Å². The number of rotatable bonds is 7. The predicted octanol–water partition coefficient (Wildman–Crippen LogP) is 1.48. The first-order valence-corrected chi connectivity index (χ1v) is 8.38. The molecular weight excluding hydrogens is 366 g/mol. The van der Waals surface area contributed by atoms with Gasteiger partial charge in [-0.05, 0) is 30.3 Å². The Bertz CT molecular complexity index is 951. The Morgan fingerprint density at radius 1 is 1.14 bits per heavy atom. The number of H-pyrrole nitrogens is 1. The number of aryl methyl sites for hydroxylation is 1. The molecule has 3 aromatic rings. The first kappa shape index (κ1) is 19.0. The average molecular weight is 385 g/mol. The zero-order valence-electron chi connectivity index (χ0n) is 15.3. The van der Waals surface area contributed by atoms with Gasteiger partial charge in [0.2, 0.25) is 17.6 Å². The zero-order valence-corrected chi connectivity index (χ0v) is 15.3. The van der Waals surface area contributed by atoms with Crippen molar-refractivity contribution in [1.29, 1.82) is 0 Å². The monoisotopic (exact) mass is 385 g/mol. The van der Waals surface area contributed by atoms with Crippen molar-refractivity contribution in [1.82, 2.24) is 26.0 Å².